The molecule has 0 amide bonds. The van der Waals surface area contributed by atoms with Crippen molar-refractivity contribution in [2.45, 2.75) is 20.8 Å². The highest BCUT2D eigenvalue weighted by Gasteiger charge is 1.76. The Bertz CT molecular complexity index is 853. The van der Waals surface area contributed by atoms with Crippen molar-refractivity contribution in [3.63, 3.8) is 0 Å². The van der Waals surface area contributed by atoms with E-state index in [4.69, 9.17) is 0 Å². The van der Waals surface area contributed by atoms with Crippen LogP contribution in [0.1, 0.15) is 31.9 Å². The number of allylic oxidation sites excluding steroid dienone is 10. The van der Waals surface area contributed by atoms with Crippen molar-refractivity contribution in [1.29, 1.82) is 0 Å². The molecule has 208 valence electrons. The zero-order valence-corrected chi connectivity index (χ0v) is 25.0. The molecular weight excluding hydrogens is 468 g/mol. The maximum atomic E-state index is 3.63. The van der Waals surface area contributed by atoms with E-state index >= 15 is 0 Å². The van der Waals surface area contributed by atoms with Crippen molar-refractivity contribution in [3.05, 3.63) is 210 Å². The molecule has 0 radical (unpaired) electrons. The molecule has 0 N–H and O–H groups in total. The highest BCUT2D eigenvalue weighted by Crippen LogP contribution is 1.98. The summed E-state index contributed by atoms with van der Waals surface area (Å²) >= 11 is 0. The maximum Gasteiger partial charge on any atom is -0.0263 e. The molecular formula is C39H52. The molecule has 0 saturated carbocycles. The molecule has 2 aromatic carbocycles. The predicted octanol–water partition coefficient (Wildman–Crippen LogP) is 12.6. The van der Waals surface area contributed by atoms with Crippen molar-refractivity contribution in [3.8, 4) is 0 Å². The number of benzene rings is 2. The smallest absolute Gasteiger partial charge is 0.0263 e. The lowest BCUT2D eigenvalue weighted by Crippen LogP contribution is -1.63. The fourth-order valence-corrected chi connectivity index (χ4v) is 1.18. The molecule has 0 aliphatic heterocycles. The van der Waals surface area contributed by atoms with Gasteiger partial charge in [-0.05, 0) is 31.9 Å². The van der Waals surface area contributed by atoms with Crippen LogP contribution >= 0.6 is 0 Å². The summed E-state index contributed by atoms with van der Waals surface area (Å²) in [6.07, 6.45) is 15.4. The van der Waals surface area contributed by atoms with Gasteiger partial charge in [-0.3, -0.25) is 0 Å². The van der Waals surface area contributed by atoms with Crippen LogP contribution in [0.5, 0.6) is 0 Å². The summed E-state index contributed by atoms with van der Waals surface area (Å²) in [7, 11) is 0. The molecule has 0 unspecified atom stereocenters. The Balaban J connectivity index is -0.000000118. The van der Waals surface area contributed by atoms with E-state index in [2.05, 4.69) is 78.9 Å². The van der Waals surface area contributed by atoms with E-state index in [-0.39, 0.29) is 0 Å². The fourth-order valence-electron chi connectivity index (χ4n) is 1.18. The van der Waals surface area contributed by atoms with Crippen LogP contribution < -0.4 is 0 Å². The van der Waals surface area contributed by atoms with Crippen molar-refractivity contribution in [2.24, 2.45) is 0 Å². The average molecular weight is 521 g/mol. The Kier molecular flexibility index (Phi) is 46.0. The lowest BCUT2D eigenvalue weighted by Gasteiger charge is -1.85. The molecule has 0 aliphatic rings. The summed E-state index contributed by atoms with van der Waals surface area (Å²) in [5, 5.41) is 0. The minimum absolute atomic E-state index is 1.02. The number of hydrogen-bond acceptors (Lipinski definition) is 0. The second-order valence-electron chi connectivity index (χ2n) is 7.32. The molecule has 0 heterocycles. The SMILES string of the molecule is C=CC(=C)C.C=CC(=C)C.C=CC(=C)C.C=CC=C.C=CC=C.C=Cc1ccccc1.C=Cc1ccccc1. The lowest BCUT2D eigenvalue weighted by molar-refractivity contribution is 1.58. The first-order chi connectivity index (χ1) is 18.5. The Morgan fingerprint density at radius 2 is 0.590 bits per heavy atom. The summed E-state index contributed by atoms with van der Waals surface area (Å²) in [5.41, 5.74) is 5.40. The normalized spacial score (nSPS) is 7.05. The zero-order chi connectivity index (χ0) is 31.3. The minimum atomic E-state index is 1.02. The Morgan fingerprint density at radius 3 is 0.667 bits per heavy atom. The molecule has 0 bridgehead atoms. The van der Waals surface area contributed by atoms with Gasteiger partial charge in [-0.1, -0.05) is 211 Å². The number of rotatable bonds is 7. The predicted molar refractivity (Wildman–Crippen MR) is 189 cm³/mol. The van der Waals surface area contributed by atoms with Crippen LogP contribution in [0.15, 0.2) is 199 Å². The Morgan fingerprint density at radius 1 is 0.410 bits per heavy atom. The minimum Gasteiger partial charge on any atom is -0.0991 e. The molecule has 0 fully saturated rings. The van der Waals surface area contributed by atoms with Gasteiger partial charge < -0.3 is 0 Å². The molecule has 39 heavy (non-hydrogen) atoms. The largest absolute Gasteiger partial charge is 0.0991 e. The summed E-state index contributed by atoms with van der Waals surface area (Å²) < 4.78 is 0. The summed E-state index contributed by atoms with van der Waals surface area (Å²) in [6, 6.07) is 20.1. The summed E-state index contributed by atoms with van der Waals surface area (Å²) in [4.78, 5) is 0. The van der Waals surface area contributed by atoms with E-state index in [9.17, 15) is 0 Å². The van der Waals surface area contributed by atoms with Crippen molar-refractivity contribution in [2.75, 3.05) is 0 Å². The van der Waals surface area contributed by atoms with Gasteiger partial charge in [0.1, 0.15) is 0 Å². The van der Waals surface area contributed by atoms with Gasteiger partial charge in [0.2, 0.25) is 0 Å². The molecule has 0 aliphatic carbocycles. The van der Waals surface area contributed by atoms with Crippen LogP contribution in [0.2, 0.25) is 0 Å². The van der Waals surface area contributed by atoms with Crippen LogP contribution in [-0.2, 0) is 0 Å². The van der Waals surface area contributed by atoms with E-state index in [0.717, 1.165) is 16.7 Å². The van der Waals surface area contributed by atoms with Gasteiger partial charge in [-0.15, -0.1) is 0 Å². The standard InChI is InChI=1S/2C8H8.3C5H8.2C4H6/c2*1-2-8-6-4-3-5-7-8;3*1-4-5(2)3;2*1-3-4-2/h2*2-7H,1H2;3*4H,1-2H2,3H3;2*3-4H,1-2H2. The van der Waals surface area contributed by atoms with Gasteiger partial charge in [-0.2, -0.15) is 0 Å². The maximum absolute atomic E-state index is 3.63. The van der Waals surface area contributed by atoms with Crippen LogP contribution in [0.25, 0.3) is 12.2 Å². The van der Waals surface area contributed by atoms with Crippen LogP contribution in [0, 0.1) is 0 Å². The molecule has 0 atom stereocenters. The average Bonchev–Trinajstić information content (AvgIpc) is 2.99. The molecule has 0 heteroatoms. The van der Waals surface area contributed by atoms with Gasteiger partial charge in [0, 0.05) is 0 Å². The van der Waals surface area contributed by atoms with Crippen LogP contribution in [0.4, 0.5) is 0 Å². The molecule has 0 spiro atoms. The quantitative estimate of drug-likeness (QED) is 0.318. The van der Waals surface area contributed by atoms with E-state index in [1.165, 1.54) is 11.1 Å². The van der Waals surface area contributed by atoms with E-state index in [1.54, 1.807) is 42.5 Å². The molecule has 0 nitrogen and oxygen atoms in total. The monoisotopic (exact) mass is 520 g/mol. The second-order valence-corrected chi connectivity index (χ2v) is 7.32. The molecule has 0 aromatic heterocycles. The molecule has 0 saturated heterocycles. The van der Waals surface area contributed by atoms with Gasteiger partial charge in [0.05, 0.1) is 0 Å². The Hall–Kier alpha value is -4.68. The fraction of sp³-hybridized carbons (Fsp3) is 0.0769. The van der Waals surface area contributed by atoms with Crippen LogP contribution in [0.3, 0.4) is 0 Å². The molecule has 2 rings (SSSR count). The van der Waals surface area contributed by atoms with E-state index in [1.807, 2.05) is 93.6 Å². The molecule has 2 aromatic rings. The third-order valence-corrected chi connectivity index (χ3v) is 3.45. The second kappa shape index (κ2) is 40.5. The first kappa shape index (κ1) is 44.3. The van der Waals surface area contributed by atoms with E-state index in [0.29, 0.717) is 0 Å². The van der Waals surface area contributed by atoms with Crippen molar-refractivity contribution >= 4 is 12.2 Å². The van der Waals surface area contributed by atoms with Crippen LogP contribution in [-0.4, -0.2) is 0 Å². The van der Waals surface area contributed by atoms with Crippen molar-refractivity contribution in [1.82, 2.24) is 0 Å². The van der Waals surface area contributed by atoms with E-state index < -0.39 is 0 Å². The van der Waals surface area contributed by atoms with Gasteiger partial charge in [0.15, 0.2) is 0 Å². The van der Waals surface area contributed by atoms with Crippen molar-refractivity contribution < 1.29 is 0 Å². The topological polar surface area (TPSA) is 0 Å². The third kappa shape index (κ3) is 60.1. The Labute approximate surface area is 242 Å². The highest BCUT2D eigenvalue weighted by atomic mass is 13.8. The summed E-state index contributed by atoms with van der Waals surface area (Å²) in [6.45, 7) is 47.5. The van der Waals surface area contributed by atoms with Gasteiger partial charge >= 0.3 is 0 Å². The zero-order valence-electron chi connectivity index (χ0n) is 25.0. The highest BCUT2D eigenvalue weighted by molar-refractivity contribution is 5.46. The number of hydrogen-bond donors (Lipinski definition) is 0. The van der Waals surface area contributed by atoms with Gasteiger partial charge in [0.25, 0.3) is 0 Å². The van der Waals surface area contributed by atoms with Gasteiger partial charge in [-0.25, -0.2) is 0 Å². The first-order valence-corrected chi connectivity index (χ1v) is 12.2. The first-order valence-electron chi connectivity index (χ1n) is 12.2. The third-order valence-electron chi connectivity index (χ3n) is 3.45. The lowest BCUT2D eigenvalue weighted by atomic mass is 10.2. The summed E-state index contributed by atoms with van der Waals surface area (Å²) in [5.74, 6) is 0.